The van der Waals surface area contributed by atoms with Gasteiger partial charge in [0.15, 0.2) is 0 Å². The lowest BCUT2D eigenvalue weighted by molar-refractivity contribution is -0.136. The molecule has 2 rings (SSSR count). The van der Waals surface area contributed by atoms with E-state index in [-0.39, 0.29) is 17.9 Å². The van der Waals surface area contributed by atoms with Gasteiger partial charge in [0.25, 0.3) is 0 Å². The molecular formula is C14H25N3O3. The van der Waals surface area contributed by atoms with E-state index < -0.39 is 0 Å². The third kappa shape index (κ3) is 3.93. The molecular weight excluding hydrogens is 258 g/mol. The normalized spacial score (nSPS) is 23.8. The lowest BCUT2D eigenvalue weighted by atomic mass is 10.2. The number of hydrogen-bond acceptors (Lipinski definition) is 4. The van der Waals surface area contributed by atoms with Gasteiger partial charge in [0.05, 0.1) is 19.3 Å². The summed E-state index contributed by atoms with van der Waals surface area (Å²) in [6.45, 7) is 7.94. The van der Waals surface area contributed by atoms with Crippen molar-refractivity contribution in [2.45, 2.75) is 38.8 Å². The molecule has 2 fully saturated rings. The zero-order valence-corrected chi connectivity index (χ0v) is 12.4. The smallest absolute Gasteiger partial charge is 0.239 e. The second-order valence-electron chi connectivity index (χ2n) is 5.73. The van der Waals surface area contributed by atoms with Crippen molar-refractivity contribution in [3.63, 3.8) is 0 Å². The molecule has 1 atom stereocenters. The van der Waals surface area contributed by atoms with Gasteiger partial charge in [-0.15, -0.1) is 0 Å². The number of carbonyl (C=O) groups excluding carboxylic acids is 2. The first-order valence-electron chi connectivity index (χ1n) is 7.48. The van der Waals surface area contributed by atoms with Crippen LogP contribution in [-0.4, -0.2) is 73.1 Å². The van der Waals surface area contributed by atoms with E-state index in [1.54, 1.807) is 4.90 Å². The summed E-state index contributed by atoms with van der Waals surface area (Å²) in [4.78, 5) is 27.8. The van der Waals surface area contributed by atoms with Gasteiger partial charge in [-0.2, -0.15) is 0 Å². The van der Waals surface area contributed by atoms with E-state index in [0.29, 0.717) is 45.3 Å². The molecule has 0 aromatic heterocycles. The van der Waals surface area contributed by atoms with Crippen LogP contribution in [0.2, 0.25) is 0 Å². The minimum absolute atomic E-state index is 0.0755. The van der Waals surface area contributed by atoms with Gasteiger partial charge in [0.1, 0.15) is 0 Å². The van der Waals surface area contributed by atoms with Gasteiger partial charge in [-0.3, -0.25) is 9.59 Å². The molecule has 0 saturated carbocycles. The number of likely N-dealkylation sites (tertiary alicyclic amines) is 1. The first-order chi connectivity index (χ1) is 9.58. The minimum atomic E-state index is -0.0755. The Balaban J connectivity index is 1.74. The number of morpholine rings is 1. The minimum Gasteiger partial charge on any atom is -0.378 e. The SMILES string of the molecule is CC(C)NC1CCN(CCC(=O)N2CCOCC2)C1=O. The molecule has 0 aromatic carbocycles. The molecule has 0 radical (unpaired) electrons. The Hall–Kier alpha value is -1.14. The van der Waals surface area contributed by atoms with Crippen LogP contribution in [0.1, 0.15) is 26.7 Å². The number of carbonyl (C=O) groups is 2. The number of nitrogens with one attached hydrogen (secondary N) is 1. The van der Waals surface area contributed by atoms with Crippen LogP contribution in [0.5, 0.6) is 0 Å². The molecule has 6 heteroatoms. The van der Waals surface area contributed by atoms with Crippen LogP contribution in [-0.2, 0) is 14.3 Å². The first kappa shape index (κ1) is 15.3. The monoisotopic (exact) mass is 283 g/mol. The highest BCUT2D eigenvalue weighted by Crippen LogP contribution is 2.13. The van der Waals surface area contributed by atoms with Crippen molar-refractivity contribution >= 4 is 11.8 Å². The highest BCUT2D eigenvalue weighted by Gasteiger charge is 2.32. The molecule has 1 N–H and O–H groups in total. The van der Waals surface area contributed by atoms with Gasteiger partial charge in [0.2, 0.25) is 11.8 Å². The van der Waals surface area contributed by atoms with Crippen molar-refractivity contribution in [1.29, 1.82) is 0 Å². The molecule has 6 nitrogen and oxygen atoms in total. The Labute approximate surface area is 120 Å². The Morgan fingerprint density at radius 3 is 2.70 bits per heavy atom. The second-order valence-corrected chi connectivity index (χ2v) is 5.73. The summed E-state index contributed by atoms with van der Waals surface area (Å²) >= 11 is 0. The molecule has 2 aliphatic rings. The number of amides is 2. The Morgan fingerprint density at radius 1 is 1.35 bits per heavy atom. The molecule has 2 saturated heterocycles. The molecule has 0 spiro atoms. The maximum atomic E-state index is 12.1. The summed E-state index contributed by atoms with van der Waals surface area (Å²) < 4.78 is 5.23. The number of nitrogens with zero attached hydrogens (tertiary/aromatic N) is 2. The summed E-state index contributed by atoms with van der Waals surface area (Å²) in [7, 11) is 0. The highest BCUT2D eigenvalue weighted by atomic mass is 16.5. The maximum Gasteiger partial charge on any atom is 0.239 e. The van der Waals surface area contributed by atoms with Gasteiger partial charge in [-0.25, -0.2) is 0 Å². The average Bonchev–Trinajstić information content (AvgIpc) is 2.77. The molecule has 2 aliphatic heterocycles. The zero-order chi connectivity index (χ0) is 14.5. The van der Waals surface area contributed by atoms with Crippen LogP contribution in [0.4, 0.5) is 0 Å². The Bertz CT molecular complexity index is 354. The number of hydrogen-bond donors (Lipinski definition) is 1. The van der Waals surface area contributed by atoms with Crippen LogP contribution in [0, 0.1) is 0 Å². The summed E-state index contributed by atoms with van der Waals surface area (Å²) in [5, 5.41) is 3.27. The van der Waals surface area contributed by atoms with Crippen molar-refractivity contribution in [2.75, 3.05) is 39.4 Å². The Morgan fingerprint density at radius 2 is 2.05 bits per heavy atom. The van der Waals surface area contributed by atoms with Crippen molar-refractivity contribution in [3.8, 4) is 0 Å². The zero-order valence-electron chi connectivity index (χ0n) is 12.4. The molecule has 1 unspecified atom stereocenters. The lowest BCUT2D eigenvalue weighted by Crippen LogP contribution is -2.44. The number of rotatable bonds is 5. The topological polar surface area (TPSA) is 61.9 Å². The Kier molecular flexibility index (Phi) is 5.37. The fourth-order valence-corrected chi connectivity index (χ4v) is 2.72. The highest BCUT2D eigenvalue weighted by molar-refractivity contribution is 5.84. The standard InChI is InChI=1S/C14H25N3O3/c1-11(2)15-12-3-5-17(14(12)19)6-4-13(18)16-7-9-20-10-8-16/h11-12,15H,3-10H2,1-2H3. The summed E-state index contributed by atoms with van der Waals surface area (Å²) in [6.07, 6.45) is 1.25. The van der Waals surface area contributed by atoms with Gasteiger partial charge in [0, 0.05) is 38.6 Å². The summed E-state index contributed by atoms with van der Waals surface area (Å²) in [5.74, 6) is 0.259. The molecule has 114 valence electrons. The van der Waals surface area contributed by atoms with Crippen LogP contribution < -0.4 is 5.32 Å². The van der Waals surface area contributed by atoms with Crippen molar-refractivity contribution in [1.82, 2.24) is 15.1 Å². The van der Waals surface area contributed by atoms with Crippen LogP contribution in [0.25, 0.3) is 0 Å². The fraction of sp³-hybridized carbons (Fsp3) is 0.857. The lowest BCUT2D eigenvalue weighted by Gasteiger charge is -2.27. The first-order valence-corrected chi connectivity index (χ1v) is 7.48. The van der Waals surface area contributed by atoms with Crippen LogP contribution >= 0.6 is 0 Å². The van der Waals surface area contributed by atoms with Crippen molar-refractivity contribution in [3.05, 3.63) is 0 Å². The van der Waals surface area contributed by atoms with E-state index >= 15 is 0 Å². The molecule has 2 heterocycles. The van der Waals surface area contributed by atoms with Crippen LogP contribution in [0.3, 0.4) is 0 Å². The van der Waals surface area contributed by atoms with E-state index in [0.717, 1.165) is 13.0 Å². The summed E-state index contributed by atoms with van der Waals surface area (Å²) in [6, 6.07) is 0.229. The van der Waals surface area contributed by atoms with Crippen molar-refractivity contribution in [2.24, 2.45) is 0 Å². The van der Waals surface area contributed by atoms with E-state index in [4.69, 9.17) is 4.74 Å². The van der Waals surface area contributed by atoms with E-state index in [2.05, 4.69) is 5.32 Å². The maximum absolute atomic E-state index is 12.1. The third-order valence-corrected chi connectivity index (χ3v) is 3.79. The molecule has 0 aromatic rings. The van der Waals surface area contributed by atoms with Crippen LogP contribution in [0.15, 0.2) is 0 Å². The molecule has 2 amide bonds. The molecule has 20 heavy (non-hydrogen) atoms. The third-order valence-electron chi connectivity index (χ3n) is 3.79. The van der Waals surface area contributed by atoms with Gasteiger partial charge >= 0.3 is 0 Å². The average molecular weight is 283 g/mol. The fourth-order valence-electron chi connectivity index (χ4n) is 2.72. The van der Waals surface area contributed by atoms with Gasteiger partial charge in [-0.05, 0) is 6.42 Å². The quantitative estimate of drug-likeness (QED) is 0.761. The van der Waals surface area contributed by atoms with E-state index in [1.807, 2.05) is 18.7 Å². The predicted molar refractivity (Wildman–Crippen MR) is 75.3 cm³/mol. The van der Waals surface area contributed by atoms with E-state index in [9.17, 15) is 9.59 Å². The van der Waals surface area contributed by atoms with Gasteiger partial charge < -0.3 is 19.9 Å². The second kappa shape index (κ2) is 7.04. The number of ether oxygens (including phenoxy) is 1. The summed E-state index contributed by atoms with van der Waals surface area (Å²) in [5.41, 5.74) is 0. The van der Waals surface area contributed by atoms with Gasteiger partial charge in [-0.1, -0.05) is 13.8 Å². The largest absolute Gasteiger partial charge is 0.378 e. The molecule has 0 bridgehead atoms. The van der Waals surface area contributed by atoms with Crippen molar-refractivity contribution < 1.29 is 14.3 Å². The van der Waals surface area contributed by atoms with E-state index in [1.165, 1.54) is 0 Å². The molecule has 0 aliphatic carbocycles. The predicted octanol–water partition coefficient (Wildman–Crippen LogP) is -0.166.